The molecule has 5 nitrogen and oxygen atoms in total. The van der Waals surface area contributed by atoms with Crippen LogP contribution in [-0.2, 0) is 22.9 Å². The van der Waals surface area contributed by atoms with Crippen LogP contribution in [0.3, 0.4) is 0 Å². The summed E-state index contributed by atoms with van der Waals surface area (Å²) in [5, 5.41) is 0. The monoisotopic (exact) mass is 403 g/mol. The number of fused-ring (bicyclic) bond motifs is 1. The van der Waals surface area contributed by atoms with E-state index in [0.29, 0.717) is 11.7 Å². The van der Waals surface area contributed by atoms with Gasteiger partial charge in [0.15, 0.2) is 0 Å². The van der Waals surface area contributed by atoms with Gasteiger partial charge in [-0.25, -0.2) is 13.1 Å². The summed E-state index contributed by atoms with van der Waals surface area (Å²) >= 11 is 0. The van der Waals surface area contributed by atoms with Crippen molar-refractivity contribution in [3.05, 3.63) is 53.1 Å². The third kappa shape index (κ3) is 4.67. The SMILES string of the molecule is COc1cc2c(cc1S(=O)(=O)NCCOc1ccccc1C(C)C)CCCC2. The van der Waals surface area contributed by atoms with Crippen molar-refractivity contribution in [3.8, 4) is 11.5 Å². The third-order valence-corrected chi connectivity index (χ3v) is 6.59. The Hall–Kier alpha value is -2.05. The highest BCUT2D eigenvalue weighted by Gasteiger charge is 2.23. The minimum absolute atomic E-state index is 0.189. The first-order valence-corrected chi connectivity index (χ1v) is 11.3. The van der Waals surface area contributed by atoms with Crippen molar-refractivity contribution < 1.29 is 17.9 Å². The molecule has 0 spiro atoms. The van der Waals surface area contributed by atoms with E-state index < -0.39 is 10.0 Å². The molecular formula is C22H29NO4S. The Morgan fingerprint density at radius 3 is 2.39 bits per heavy atom. The number of nitrogens with one attached hydrogen (secondary N) is 1. The highest BCUT2D eigenvalue weighted by atomic mass is 32.2. The fourth-order valence-electron chi connectivity index (χ4n) is 3.61. The molecule has 28 heavy (non-hydrogen) atoms. The lowest BCUT2D eigenvalue weighted by Crippen LogP contribution is -2.29. The molecule has 0 atom stereocenters. The molecule has 6 heteroatoms. The first kappa shape index (κ1) is 20.7. The standard InChI is InChI=1S/C22H29NO4S/c1-16(2)19-10-6-7-11-20(19)27-13-12-23-28(24,25)22-15-18-9-5-4-8-17(18)14-21(22)26-3/h6-7,10-11,14-16,23H,4-5,8-9,12-13H2,1-3H3. The van der Waals surface area contributed by atoms with Gasteiger partial charge in [0.1, 0.15) is 23.0 Å². The molecule has 1 aliphatic carbocycles. The molecule has 3 rings (SSSR count). The Bertz CT molecular complexity index is 922. The van der Waals surface area contributed by atoms with Gasteiger partial charge in [0.05, 0.1) is 7.11 Å². The molecule has 0 saturated carbocycles. The second-order valence-corrected chi connectivity index (χ2v) is 9.15. The summed E-state index contributed by atoms with van der Waals surface area (Å²) < 4.78 is 39.5. The van der Waals surface area contributed by atoms with Gasteiger partial charge in [0.2, 0.25) is 10.0 Å². The molecule has 1 N–H and O–H groups in total. The van der Waals surface area contributed by atoms with Gasteiger partial charge in [0.25, 0.3) is 0 Å². The third-order valence-electron chi connectivity index (χ3n) is 5.11. The lowest BCUT2D eigenvalue weighted by atomic mass is 9.92. The maximum Gasteiger partial charge on any atom is 0.244 e. The number of methoxy groups -OCH3 is 1. The first-order chi connectivity index (χ1) is 13.4. The van der Waals surface area contributed by atoms with Gasteiger partial charge in [-0.05, 0) is 66.5 Å². The summed E-state index contributed by atoms with van der Waals surface area (Å²) in [7, 11) is -2.16. The Balaban J connectivity index is 1.68. The molecule has 0 amide bonds. The second kappa shape index (κ2) is 8.97. The van der Waals surface area contributed by atoms with E-state index in [1.807, 2.05) is 30.3 Å². The van der Waals surface area contributed by atoms with Gasteiger partial charge in [0, 0.05) is 6.54 Å². The summed E-state index contributed by atoms with van der Waals surface area (Å²) in [6.07, 6.45) is 4.12. The minimum atomic E-state index is -3.67. The molecule has 0 fully saturated rings. The van der Waals surface area contributed by atoms with E-state index in [-0.39, 0.29) is 18.0 Å². The first-order valence-electron chi connectivity index (χ1n) is 9.83. The van der Waals surface area contributed by atoms with Crippen molar-refractivity contribution in [2.24, 2.45) is 0 Å². The summed E-state index contributed by atoms with van der Waals surface area (Å²) in [5.74, 6) is 1.54. The smallest absolute Gasteiger partial charge is 0.244 e. The van der Waals surface area contributed by atoms with Crippen LogP contribution in [0, 0.1) is 0 Å². The number of aryl methyl sites for hydroxylation is 2. The van der Waals surface area contributed by atoms with Gasteiger partial charge < -0.3 is 9.47 Å². The molecule has 152 valence electrons. The summed E-state index contributed by atoms with van der Waals surface area (Å²) in [4.78, 5) is 0.207. The minimum Gasteiger partial charge on any atom is -0.495 e. The fourth-order valence-corrected chi connectivity index (χ4v) is 4.83. The lowest BCUT2D eigenvalue weighted by molar-refractivity contribution is 0.318. The average Bonchev–Trinajstić information content (AvgIpc) is 2.70. The van der Waals surface area contributed by atoms with Crippen LogP contribution in [0.5, 0.6) is 11.5 Å². The number of hydrogen-bond donors (Lipinski definition) is 1. The van der Waals surface area contributed by atoms with Crippen LogP contribution < -0.4 is 14.2 Å². The van der Waals surface area contributed by atoms with Crippen LogP contribution in [0.2, 0.25) is 0 Å². The number of ether oxygens (including phenoxy) is 2. The molecule has 0 bridgehead atoms. The highest BCUT2D eigenvalue weighted by Crippen LogP contribution is 2.32. The number of sulfonamides is 1. The van der Waals surface area contributed by atoms with E-state index in [2.05, 4.69) is 18.6 Å². The predicted octanol–water partition coefficient (Wildman–Crippen LogP) is 4.05. The molecule has 0 radical (unpaired) electrons. The summed E-state index contributed by atoms with van der Waals surface area (Å²) in [6.45, 7) is 4.66. The topological polar surface area (TPSA) is 64.6 Å². The van der Waals surface area contributed by atoms with E-state index in [1.54, 1.807) is 6.07 Å². The van der Waals surface area contributed by atoms with E-state index in [1.165, 1.54) is 12.7 Å². The molecule has 0 heterocycles. The Kier molecular flexibility index (Phi) is 6.62. The Morgan fingerprint density at radius 1 is 1.04 bits per heavy atom. The molecule has 1 aliphatic rings. The fraction of sp³-hybridized carbons (Fsp3) is 0.455. The van der Waals surface area contributed by atoms with E-state index in [9.17, 15) is 8.42 Å². The number of benzene rings is 2. The van der Waals surface area contributed by atoms with E-state index in [0.717, 1.165) is 42.6 Å². The maximum atomic E-state index is 12.8. The van der Waals surface area contributed by atoms with Crippen molar-refractivity contribution in [1.29, 1.82) is 0 Å². The van der Waals surface area contributed by atoms with Gasteiger partial charge >= 0.3 is 0 Å². The van der Waals surface area contributed by atoms with Crippen LogP contribution in [0.4, 0.5) is 0 Å². The molecule has 2 aromatic rings. The molecule has 0 aliphatic heterocycles. The predicted molar refractivity (Wildman–Crippen MR) is 111 cm³/mol. The van der Waals surface area contributed by atoms with Crippen molar-refractivity contribution in [3.63, 3.8) is 0 Å². The second-order valence-electron chi connectivity index (χ2n) is 7.42. The van der Waals surface area contributed by atoms with Crippen LogP contribution in [0.1, 0.15) is 49.3 Å². The van der Waals surface area contributed by atoms with E-state index in [4.69, 9.17) is 9.47 Å². The van der Waals surface area contributed by atoms with Crippen molar-refractivity contribution in [1.82, 2.24) is 4.72 Å². The molecule has 0 saturated heterocycles. The van der Waals surface area contributed by atoms with Crippen molar-refractivity contribution >= 4 is 10.0 Å². The molecule has 0 unspecified atom stereocenters. The van der Waals surface area contributed by atoms with Gasteiger partial charge in [-0.1, -0.05) is 32.0 Å². The normalized spacial score (nSPS) is 14.0. The average molecular weight is 404 g/mol. The lowest BCUT2D eigenvalue weighted by Gasteiger charge is -2.19. The quantitative estimate of drug-likeness (QED) is 0.675. The number of hydrogen-bond acceptors (Lipinski definition) is 4. The largest absolute Gasteiger partial charge is 0.495 e. The summed E-state index contributed by atoms with van der Waals surface area (Å²) in [5.41, 5.74) is 3.41. The highest BCUT2D eigenvalue weighted by molar-refractivity contribution is 7.89. The van der Waals surface area contributed by atoms with E-state index >= 15 is 0 Å². The molecular weight excluding hydrogens is 374 g/mol. The zero-order valence-corrected chi connectivity index (χ0v) is 17.6. The maximum absolute atomic E-state index is 12.8. The number of rotatable bonds is 8. The van der Waals surface area contributed by atoms with Crippen molar-refractivity contribution in [2.45, 2.75) is 50.3 Å². The van der Waals surface area contributed by atoms with Crippen LogP contribution in [0.15, 0.2) is 41.3 Å². The Labute approximate surface area is 168 Å². The van der Waals surface area contributed by atoms with Gasteiger partial charge in [-0.15, -0.1) is 0 Å². The van der Waals surface area contributed by atoms with Gasteiger partial charge in [-0.2, -0.15) is 0 Å². The zero-order valence-electron chi connectivity index (χ0n) is 16.8. The summed E-state index contributed by atoms with van der Waals surface area (Å²) in [6, 6.07) is 11.5. The Morgan fingerprint density at radius 2 is 1.71 bits per heavy atom. The van der Waals surface area contributed by atoms with Crippen LogP contribution in [-0.4, -0.2) is 28.7 Å². The van der Waals surface area contributed by atoms with Gasteiger partial charge in [-0.3, -0.25) is 0 Å². The number of para-hydroxylation sites is 1. The van der Waals surface area contributed by atoms with Crippen molar-refractivity contribution in [2.75, 3.05) is 20.3 Å². The molecule has 2 aromatic carbocycles. The van der Waals surface area contributed by atoms with Crippen LogP contribution in [0.25, 0.3) is 0 Å². The van der Waals surface area contributed by atoms with Crippen LogP contribution >= 0.6 is 0 Å². The zero-order chi connectivity index (χ0) is 20.1. The molecule has 0 aromatic heterocycles.